The van der Waals surface area contributed by atoms with Gasteiger partial charge in [-0.05, 0) is 42.5 Å². The molecule has 0 bridgehead atoms. The van der Waals surface area contributed by atoms with Crippen LogP contribution in [0.15, 0.2) is 30.3 Å². The summed E-state index contributed by atoms with van der Waals surface area (Å²) in [5.41, 5.74) is 2.13. The minimum atomic E-state index is -0.910. The summed E-state index contributed by atoms with van der Waals surface area (Å²) in [4.78, 5) is 12.9. The average molecular weight is 245 g/mol. The highest BCUT2D eigenvalue weighted by molar-refractivity contribution is 5.85. The second kappa shape index (κ2) is 5.71. The minimum Gasteiger partial charge on any atom is -0.478 e. The van der Waals surface area contributed by atoms with Crippen molar-refractivity contribution in [2.45, 2.75) is 19.8 Å². The first-order valence-corrected chi connectivity index (χ1v) is 6.41. The van der Waals surface area contributed by atoms with Crippen molar-refractivity contribution in [2.24, 2.45) is 5.92 Å². The topological polar surface area (TPSA) is 40.5 Å². The van der Waals surface area contributed by atoms with E-state index in [0.717, 1.165) is 24.6 Å². The first-order valence-electron chi connectivity index (χ1n) is 6.41. The fourth-order valence-corrected chi connectivity index (χ4v) is 2.26. The van der Waals surface area contributed by atoms with Crippen molar-refractivity contribution in [3.63, 3.8) is 0 Å². The lowest BCUT2D eigenvalue weighted by molar-refractivity contribution is -0.131. The number of carboxylic acid groups (broad SMARTS) is 1. The van der Waals surface area contributed by atoms with Crippen LogP contribution in [0.4, 0.5) is 5.69 Å². The van der Waals surface area contributed by atoms with Gasteiger partial charge in [-0.2, -0.15) is 0 Å². The molecular weight excluding hydrogens is 226 g/mol. The van der Waals surface area contributed by atoms with E-state index in [1.165, 1.54) is 24.6 Å². The second-order valence-corrected chi connectivity index (χ2v) is 4.94. The third-order valence-electron chi connectivity index (χ3n) is 3.44. The zero-order valence-corrected chi connectivity index (χ0v) is 10.7. The molecule has 96 valence electrons. The Labute approximate surface area is 108 Å². The number of rotatable bonds is 3. The van der Waals surface area contributed by atoms with Gasteiger partial charge in [0.15, 0.2) is 0 Å². The highest BCUT2D eigenvalue weighted by Gasteiger charge is 2.15. The Hall–Kier alpha value is -1.77. The number of nitrogens with zero attached hydrogens (tertiary/aromatic N) is 1. The van der Waals surface area contributed by atoms with Crippen LogP contribution in [0, 0.1) is 5.92 Å². The molecule has 1 aromatic rings. The van der Waals surface area contributed by atoms with E-state index in [2.05, 4.69) is 24.0 Å². The summed E-state index contributed by atoms with van der Waals surface area (Å²) >= 11 is 0. The monoisotopic (exact) mass is 245 g/mol. The SMILES string of the molecule is CC1CCN(c2cccc(/C=C/C(=O)O)c2)CC1. The van der Waals surface area contributed by atoms with Crippen molar-refractivity contribution in [1.29, 1.82) is 0 Å². The van der Waals surface area contributed by atoms with Crippen LogP contribution in [0.25, 0.3) is 6.08 Å². The zero-order chi connectivity index (χ0) is 13.0. The number of aliphatic carboxylic acids is 1. The maximum Gasteiger partial charge on any atom is 0.328 e. The Morgan fingerprint density at radius 2 is 2.11 bits per heavy atom. The summed E-state index contributed by atoms with van der Waals surface area (Å²) < 4.78 is 0. The molecule has 0 unspecified atom stereocenters. The number of piperidine rings is 1. The molecule has 0 spiro atoms. The summed E-state index contributed by atoms with van der Waals surface area (Å²) in [5.74, 6) is -0.0939. The standard InChI is InChI=1S/C15H19NO2/c1-12-7-9-16(10-8-12)14-4-2-3-13(11-14)5-6-15(17)18/h2-6,11-12H,7-10H2,1H3,(H,17,18)/b6-5+. The van der Waals surface area contributed by atoms with Gasteiger partial charge in [-0.1, -0.05) is 19.1 Å². The second-order valence-electron chi connectivity index (χ2n) is 4.94. The van der Waals surface area contributed by atoms with Crippen molar-refractivity contribution < 1.29 is 9.90 Å². The van der Waals surface area contributed by atoms with Crippen molar-refractivity contribution in [2.75, 3.05) is 18.0 Å². The number of anilines is 1. The van der Waals surface area contributed by atoms with Gasteiger partial charge >= 0.3 is 5.97 Å². The van der Waals surface area contributed by atoms with Gasteiger partial charge in [0.2, 0.25) is 0 Å². The number of carboxylic acids is 1. The summed E-state index contributed by atoms with van der Waals surface area (Å²) in [6, 6.07) is 8.05. The molecule has 18 heavy (non-hydrogen) atoms. The average Bonchev–Trinajstić information content (AvgIpc) is 2.37. The van der Waals surface area contributed by atoms with Gasteiger partial charge in [0.1, 0.15) is 0 Å². The van der Waals surface area contributed by atoms with Gasteiger partial charge in [-0.15, -0.1) is 0 Å². The highest BCUT2D eigenvalue weighted by Crippen LogP contribution is 2.23. The van der Waals surface area contributed by atoms with Crippen molar-refractivity contribution in [3.8, 4) is 0 Å². The molecule has 1 aromatic carbocycles. The van der Waals surface area contributed by atoms with E-state index in [1.807, 2.05) is 12.1 Å². The van der Waals surface area contributed by atoms with Crippen LogP contribution in [0.2, 0.25) is 0 Å². The third kappa shape index (κ3) is 3.36. The van der Waals surface area contributed by atoms with E-state index in [-0.39, 0.29) is 0 Å². The molecule has 1 aliphatic heterocycles. The van der Waals surface area contributed by atoms with E-state index in [9.17, 15) is 4.79 Å². The predicted molar refractivity (Wildman–Crippen MR) is 73.7 cm³/mol. The minimum absolute atomic E-state index is 0.816. The molecule has 3 heteroatoms. The quantitative estimate of drug-likeness (QED) is 0.832. The van der Waals surface area contributed by atoms with Gasteiger partial charge in [0.25, 0.3) is 0 Å². The molecular formula is C15H19NO2. The van der Waals surface area contributed by atoms with Crippen LogP contribution in [0.1, 0.15) is 25.3 Å². The molecule has 0 radical (unpaired) electrons. The summed E-state index contributed by atoms with van der Waals surface area (Å²) in [6.07, 6.45) is 5.28. The molecule has 0 atom stereocenters. The first kappa shape index (κ1) is 12.7. The number of benzene rings is 1. The lowest BCUT2D eigenvalue weighted by atomic mass is 9.98. The fraction of sp³-hybridized carbons (Fsp3) is 0.400. The van der Waals surface area contributed by atoms with Gasteiger partial charge in [-0.25, -0.2) is 4.79 Å². The third-order valence-corrected chi connectivity index (χ3v) is 3.44. The van der Waals surface area contributed by atoms with E-state index in [4.69, 9.17) is 5.11 Å². The van der Waals surface area contributed by atoms with E-state index in [0.29, 0.717) is 0 Å². The fourth-order valence-electron chi connectivity index (χ4n) is 2.26. The number of carbonyl (C=O) groups is 1. The first-order chi connectivity index (χ1) is 8.65. The molecule has 2 rings (SSSR count). The number of hydrogen-bond donors (Lipinski definition) is 1. The van der Waals surface area contributed by atoms with Gasteiger partial charge in [0, 0.05) is 24.9 Å². The Morgan fingerprint density at radius 1 is 1.39 bits per heavy atom. The molecule has 0 amide bonds. The molecule has 1 fully saturated rings. The van der Waals surface area contributed by atoms with Crippen molar-refractivity contribution in [3.05, 3.63) is 35.9 Å². The van der Waals surface area contributed by atoms with Crippen LogP contribution >= 0.6 is 0 Å². The molecule has 3 nitrogen and oxygen atoms in total. The molecule has 1 N–H and O–H groups in total. The maximum absolute atomic E-state index is 10.5. The van der Waals surface area contributed by atoms with Crippen LogP contribution in [-0.4, -0.2) is 24.2 Å². The number of hydrogen-bond acceptors (Lipinski definition) is 2. The van der Waals surface area contributed by atoms with Crippen LogP contribution < -0.4 is 4.90 Å². The Bertz CT molecular complexity index is 446. The smallest absolute Gasteiger partial charge is 0.328 e. The molecule has 1 saturated heterocycles. The van der Waals surface area contributed by atoms with Crippen LogP contribution in [0.3, 0.4) is 0 Å². The Balaban J connectivity index is 2.09. The zero-order valence-electron chi connectivity index (χ0n) is 10.7. The van der Waals surface area contributed by atoms with Gasteiger partial charge in [-0.3, -0.25) is 0 Å². The molecule has 0 aromatic heterocycles. The predicted octanol–water partition coefficient (Wildman–Crippen LogP) is 3.02. The van der Waals surface area contributed by atoms with E-state index >= 15 is 0 Å². The maximum atomic E-state index is 10.5. The highest BCUT2D eigenvalue weighted by atomic mass is 16.4. The molecule has 1 heterocycles. The van der Waals surface area contributed by atoms with Crippen molar-refractivity contribution in [1.82, 2.24) is 0 Å². The van der Waals surface area contributed by atoms with Crippen LogP contribution in [0.5, 0.6) is 0 Å². The van der Waals surface area contributed by atoms with E-state index in [1.54, 1.807) is 6.08 Å². The Kier molecular flexibility index (Phi) is 4.03. The summed E-state index contributed by atoms with van der Waals surface area (Å²) in [6.45, 7) is 4.48. The largest absolute Gasteiger partial charge is 0.478 e. The Morgan fingerprint density at radius 3 is 2.78 bits per heavy atom. The molecule has 1 aliphatic rings. The summed E-state index contributed by atoms with van der Waals surface area (Å²) in [5, 5.41) is 8.62. The normalized spacial score (nSPS) is 17.3. The molecule has 0 saturated carbocycles. The lowest BCUT2D eigenvalue weighted by Gasteiger charge is -2.32. The van der Waals surface area contributed by atoms with E-state index < -0.39 is 5.97 Å². The van der Waals surface area contributed by atoms with Gasteiger partial charge in [0.05, 0.1) is 0 Å². The van der Waals surface area contributed by atoms with Gasteiger partial charge < -0.3 is 10.0 Å². The van der Waals surface area contributed by atoms with Crippen molar-refractivity contribution >= 4 is 17.7 Å². The van der Waals surface area contributed by atoms with Crippen LogP contribution in [-0.2, 0) is 4.79 Å². The summed E-state index contributed by atoms with van der Waals surface area (Å²) in [7, 11) is 0. The lowest BCUT2D eigenvalue weighted by Crippen LogP contribution is -2.32. The molecule has 0 aliphatic carbocycles.